The molecule has 0 radical (unpaired) electrons. The first kappa shape index (κ1) is 5.34. The average molecular weight is 134 g/mol. The molecule has 0 fully saturated rings. The van der Waals surface area contributed by atoms with Crippen LogP contribution in [0.2, 0.25) is 0 Å². The Kier molecular flexibility index (Phi) is 0.943. The number of nitrogens with one attached hydrogen (secondary N) is 1. The fraction of sp³-hybridized carbons (Fsp3) is 0.167. The van der Waals surface area contributed by atoms with Gasteiger partial charge in [-0.05, 0) is 6.92 Å². The molecule has 0 spiro atoms. The van der Waals surface area contributed by atoms with Crippen LogP contribution in [-0.4, -0.2) is 20.4 Å². The second-order valence-electron chi connectivity index (χ2n) is 2.14. The van der Waals surface area contributed by atoms with Gasteiger partial charge in [-0.1, -0.05) is 0 Å². The summed E-state index contributed by atoms with van der Waals surface area (Å²) in [6, 6.07) is 0. The van der Waals surface area contributed by atoms with Gasteiger partial charge in [0.1, 0.15) is 5.52 Å². The van der Waals surface area contributed by atoms with E-state index in [2.05, 4.69) is 20.4 Å². The van der Waals surface area contributed by atoms with Gasteiger partial charge in [0.2, 0.25) is 0 Å². The third-order valence-corrected chi connectivity index (χ3v) is 1.46. The number of hydrogen-bond donors (Lipinski definition) is 1. The molecule has 2 heterocycles. The number of rotatable bonds is 0. The Labute approximate surface area is 57.3 Å². The summed E-state index contributed by atoms with van der Waals surface area (Å²) < 4.78 is 0. The number of H-pyrrole nitrogens is 1. The van der Waals surface area contributed by atoms with E-state index in [4.69, 9.17) is 0 Å². The maximum absolute atomic E-state index is 3.99. The third kappa shape index (κ3) is 0.586. The Hall–Kier alpha value is -1.45. The first-order valence-electron chi connectivity index (χ1n) is 2.99. The molecule has 0 unspecified atom stereocenters. The molecule has 0 amide bonds. The van der Waals surface area contributed by atoms with Gasteiger partial charge < -0.3 is 0 Å². The number of fused-ring (bicyclic) bond motifs is 1. The molecule has 2 aromatic heterocycles. The lowest BCUT2D eigenvalue weighted by atomic mass is 10.3. The van der Waals surface area contributed by atoms with E-state index in [9.17, 15) is 0 Å². The van der Waals surface area contributed by atoms with Crippen LogP contribution in [0.1, 0.15) is 5.69 Å². The van der Waals surface area contributed by atoms with Gasteiger partial charge in [0.25, 0.3) is 0 Å². The zero-order valence-electron chi connectivity index (χ0n) is 5.50. The average Bonchev–Trinajstić information content (AvgIpc) is 2.34. The first-order valence-corrected chi connectivity index (χ1v) is 2.99. The highest BCUT2D eigenvalue weighted by Gasteiger charge is 1.98. The van der Waals surface area contributed by atoms with E-state index < -0.39 is 0 Å². The molecule has 50 valence electrons. The molecule has 0 aromatic carbocycles. The second-order valence-corrected chi connectivity index (χ2v) is 2.14. The lowest BCUT2D eigenvalue weighted by Gasteiger charge is -1.82. The van der Waals surface area contributed by atoms with Crippen LogP contribution in [0.15, 0.2) is 12.4 Å². The minimum Gasteiger partial charge on any atom is -0.282 e. The number of aromatic nitrogens is 4. The summed E-state index contributed by atoms with van der Waals surface area (Å²) in [7, 11) is 0. The maximum atomic E-state index is 3.99. The normalized spacial score (nSPS) is 10.5. The lowest BCUT2D eigenvalue weighted by Crippen LogP contribution is -1.77. The predicted octanol–water partition coefficient (Wildman–Crippen LogP) is 0.661. The van der Waals surface area contributed by atoms with Crippen molar-refractivity contribution in [3.8, 4) is 0 Å². The van der Waals surface area contributed by atoms with Crippen molar-refractivity contribution in [1.82, 2.24) is 20.4 Å². The number of aromatic amines is 1. The van der Waals surface area contributed by atoms with E-state index in [0.29, 0.717) is 0 Å². The summed E-state index contributed by atoms with van der Waals surface area (Å²) in [5.74, 6) is 0. The molecule has 2 rings (SSSR count). The molecule has 4 nitrogen and oxygen atoms in total. The summed E-state index contributed by atoms with van der Waals surface area (Å²) in [6.07, 6.45) is 3.34. The van der Waals surface area contributed by atoms with Crippen molar-refractivity contribution in [2.75, 3.05) is 0 Å². The van der Waals surface area contributed by atoms with E-state index in [1.165, 1.54) is 0 Å². The van der Waals surface area contributed by atoms with Gasteiger partial charge in [0.15, 0.2) is 0 Å². The van der Waals surface area contributed by atoms with Gasteiger partial charge in [-0.15, -0.1) is 0 Å². The van der Waals surface area contributed by atoms with E-state index in [1.807, 2.05) is 6.92 Å². The first-order chi connectivity index (χ1) is 4.88. The molecule has 1 N–H and O–H groups in total. The largest absolute Gasteiger partial charge is 0.282 e. The molecule has 0 saturated carbocycles. The molecule has 4 heteroatoms. The molecular weight excluding hydrogens is 128 g/mol. The molecule has 0 aliphatic rings. The summed E-state index contributed by atoms with van der Waals surface area (Å²) in [4.78, 5) is 0. The zero-order chi connectivity index (χ0) is 6.97. The predicted molar refractivity (Wildman–Crippen MR) is 36.4 cm³/mol. The van der Waals surface area contributed by atoms with Gasteiger partial charge in [0, 0.05) is 11.1 Å². The van der Waals surface area contributed by atoms with Gasteiger partial charge in [-0.2, -0.15) is 15.3 Å². The summed E-state index contributed by atoms with van der Waals surface area (Å²) in [5.41, 5.74) is 1.90. The van der Waals surface area contributed by atoms with Gasteiger partial charge in [0.05, 0.1) is 12.4 Å². The van der Waals surface area contributed by atoms with E-state index >= 15 is 0 Å². The highest BCUT2D eigenvalue weighted by atomic mass is 15.1. The van der Waals surface area contributed by atoms with E-state index in [0.717, 1.165) is 16.6 Å². The highest BCUT2D eigenvalue weighted by molar-refractivity contribution is 5.78. The highest BCUT2D eigenvalue weighted by Crippen LogP contribution is 2.09. The van der Waals surface area contributed by atoms with E-state index in [1.54, 1.807) is 12.4 Å². The van der Waals surface area contributed by atoms with Gasteiger partial charge in [-0.3, -0.25) is 5.10 Å². The van der Waals surface area contributed by atoms with Crippen LogP contribution in [0.25, 0.3) is 10.9 Å². The fourth-order valence-electron chi connectivity index (χ4n) is 0.897. The topological polar surface area (TPSA) is 54.5 Å². The standard InChI is InChI=1S/C6H6N4/c1-4-5-2-7-8-3-6(5)10-9-4/h2-3H,1H3,(H,9,10). The van der Waals surface area contributed by atoms with Crippen molar-refractivity contribution >= 4 is 10.9 Å². The summed E-state index contributed by atoms with van der Waals surface area (Å²) in [5, 5.41) is 15.3. The van der Waals surface area contributed by atoms with Crippen LogP contribution in [-0.2, 0) is 0 Å². The Bertz CT molecular complexity index is 351. The Morgan fingerprint density at radius 2 is 2.10 bits per heavy atom. The number of hydrogen-bond acceptors (Lipinski definition) is 3. The molecule has 0 bridgehead atoms. The van der Waals surface area contributed by atoms with Crippen molar-refractivity contribution in [1.29, 1.82) is 0 Å². The minimum atomic E-state index is 0.868. The minimum absolute atomic E-state index is 0.868. The Balaban J connectivity index is 2.93. The van der Waals surface area contributed by atoms with Crippen LogP contribution in [0.5, 0.6) is 0 Å². The zero-order valence-corrected chi connectivity index (χ0v) is 5.50. The van der Waals surface area contributed by atoms with Crippen molar-refractivity contribution in [2.24, 2.45) is 0 Å². The van der Waals surface area contributed by atoms with Crippen molar-refractivity contribution in [3.05, 3.63) is 18.1 Å². The number of nitrogens with zero attached hydrogens (tertiary/aromatic N) is 3. The maximum Gasteiger partial charge on any atom is 0.114 e. The molecule has 0 aliphatic heterocycles. The quantitative estimate of drug-likeness (QED) is 0.575. The fourth-order valence-corrected chi connectivity index (χ4v) is 0.897. The molecule has 0 aliphatic carbocycles. The third-order valence-electron chi connectivity index (χ3n) is 1.46. The van der Waals surface area contributed by atoms with Crippen LogP contribution >= 0.6 is 0 Å². The molecule has 0 atom stereocenters. The second kappa shape index (κ2) is 1.76. The van der Waals surface area contributed by atoms with Crippen molar-refractivity contribution < 1.29 is 0 Å². The van der Waals surface area contributed by atoms with Crippen molar-refractivity contribution in [3.63, 3.8) is 0 Å². The SMILES string of the molecule is Cc1[nH]nc2cnncc12. The molecular formula is C6H6N4. The Morgan fingerprint density at radius 3 is 2.90 bits per heavy atom. The van der Waals surface area contributed by atoms with Crippen molar-refractivity contribution in [2.45, 2.75) is 6.92 Å². The lowest BCUT2D eigenvalue weighted by molar-refractivity contribution is 1.04. The van der Waals surface area contributed by atoms with Crippen LogP contribution in [0.4, 0.5) is 0 Å². The van der Waals surface area contributed by atoms with Crippen LogP contribution in [0, 0.1) is 6.92 Å². The smallest absolute Gasteiger partial charge is 0.114 e. The van der Waals surface area contributed by atoms with Crippen LogP contribution < -0.4 is 0 Å². The molecule has 10 heavy (non-hydrogen) atoms. The summed E-state index contributed by atoms with van der Waals surface area (Å²) in [6.45, 7) is 1.96. The monoisotopic (exact) mass is 134 g/mol. The van der Waals surface area contributed by atoms with Crippen LogP contribution in [0.3, 0.4) is 0 Å². The van der Waals surface area contributed by atoms with E-state index in [-0.39, 0.29) is 0 Å². The Morgan fingerprint density at radius 1 is 1.30 bits per heavy atom. The summed E-state index contributed by atoms with van der Waals surface area (Å²) >= 11 is 0. The molecule has 2 aromatic rings. The number of aryl methyl sites for hydroxylation is 1. The van der Waals surface area contributed by atoms with Gasteiger partial charge >= 0.3 is 0 Å². The van der Waals surface area contributed by atoms with Gasteiger partial charge in [-0.25, -0.2) is 0 Å². The molecule has 0 saturated heterocycles.